The molecule has 0 bridgehead atoms. The number of hydrogen-bond acceptors (Lipinski definition) is 3. The zero-order chi connectivity index (χ0) is 9.84. The molecule has 0 aliphatic carbocycles. The number of rotatable bonds is 2. The summed E-state index contributed by atoms with van der Waals surface area (Å²) in [7, 11) is 5.09. The number of esters is 1. The number of benzene rings is 1. The summed E-state index contributed by atoms with van der Waals surface area (Å²) in [5.74, 6) is -0.424. The van der Waals surface area contributed by atoms with Crippen molar-refractivity contribution in [3.63, 3.8) is 0 Å². The molecule has 0 amide bonds. The van der Waals surface area contributed by atoms with Crippen LogP contribution in [0.1, 0.15) is 10.4 Å². The SMILES string of the molecule is COC(=O)c1ccc(S(=O)Cl)cc1. The van der Waals surface area contributed by atoms with E-state index in [9.17, 15) is 9.00 Å². The molecule has 0 aliphatic heterocycles. The summed E-state index contributed by atoms with van der Waals surface area (Å²) in [6, 6.07) is 6.08. The number of methoxy groups -OCH3 is 1. The fraction of sp³-hybridized carbons (Fsp3) is 0.125. The van der Waals surface area contributed by atoms with Crippen molar-refractivity contribution in [2.45, 2.75) is 4.90 Å². The number of halogens is 1. The van der Waals surface area contributed by atoms with Crippen molar-refractivity contribution < 1.29 is 13.7 Å². The summed E-state index contributed by atoms with van der Waals surface area (Å²) in [5, 5.41) is 0. The molecule has 0 aliphatic rings. The number of carbonyl (C=O) groups is 1. The third kappa shape index (κ3) is 2.54. The number of hydrogen-bond donors (Lipinski definition) is 0. The van der Waals surface area contributed by atoms with Gasteiger partial charge in [-0.2, -0.15) is 0 Å². The highest BCUT2D eigenvalue weighted by Crippen LogP contribution is 2.11. The molecule has 0 radical (unpaired) electrons. The minimum absolute atomic E-state index is 0.411. The summed E-state index contributed by atoms with van der Waals surface area (Å²) < 4.78 is 15.2. The topological polar surface area (TPSA) is 43.4 Å². The van der Waals surface area contributed by atoms with Gasteiger partial charge in [-0.05, 0) is 34.9 Å². The third-order valence-corrected chi connectivity index (χ3v) is 2.64. The zero-order valence-electron chi connectivity index (χ0n) is 6.82. The molecule has 1 aromatic rings. The van der Waals surface area contributed by atoms with Gasteiger partial charge in [-0.3, -0.25) is 0 Å². The molecule has 1 aromatic carbocycles. The van der Waals surface area contributed by atoms with Gasteiger partial charge in [0.05, 0.1) is 17.6 Å². The maximum Gasteiger partial charge on any atom is 0.337 e. The van der Waals surface area contributed by atoms with Gasteiger partial charge >= 0.3 is 5.97 Å². The van der Waals surface area contributed by atoms with Gasteiger partial charge in [0.25, 0.3) is 0 Å². The van der Waals surface area contributed by atoms with Gasteiger partial charge < -0.3 is 4.74 Å². The molecule has 0 N–H and O–H groups in total. The molecule has 1 atom stereocenters. The largest absolute Gasteiger partial charge is 0.465 e. The van der Waals surface area contributed by atoms with Gasteiger partial charge in [0.15, 0.2) is 0 Å². The predicted octanol–water partition coefficient (Wildman–Crippen LogP) is 1.73. The van der Waals surface area contributed by atoms with Crippen molar-refractivity contribution in [3.8, 4) is 0 Å². The van der Waals surface area contributed by atoms with E-state index >= 15 is 0 Å². The van der Waals surface area contributed by atoms with E-state index in [-0.39, 0.29) is 0 Å². The monoisotopic (exact) mass is 218 g/mol. The second-order valence-electron chi connectivity index (χ2n) is 2.24. The van der Waals surface area contributed by atoms with Crippen LogP contribution in [0.15, 0.2) is 29.2 Å². The molecule has 0 spiro atoms. The van der Waals surface area contributed by atoms with Crippen molar-refractivity contribution in [2.75, 3.05) is 7.11 Å². The highest BCUT2D eigenvalue weighted by atomic mass is 35.7. The van der Waals surface area contributed by atoms with Gasteiger partial charge in [-0.1, -0.05) is 0 Å². The van der Waals surface area contributed by atoms with Crippen LogP contribution in [-0.4, -0.2) is 17.3 Å². The maximum absolute atomic E-state index is 11.0. The fourth-order valence-corrected chi connectivity index (χ4v) is 1.47. The Labute approximate surface area is 82.6 Å². The first-order chi connectivity index (χ1) is 6.15. The van der Waals surface area contributed by atoms with Crippen LogP contribution in [0.25, 0.3) is 0 Å². The molecule has 3 nitrogen and oxygen atoms in total. The van der Waals surface area contributed by atoms with Crippen molar-refractivity contribution >= 4 is 26.7 Å². The van der Waals surface area contributed by atoms with E-state index < -0.39 is 16.0 Å². The molecule has 70 valence electrons. The maximum atomic E-state index is 11.0. The van der Waals surface area contributed by atoms with Crippen LogP contribution < -0.4 is 0 Å². The average Bonchev–Trinajstić information content (AvgIpc) is 2.17. The Bertz CT molecular complexity index is 334. The highest BCUT2D eigenvalue weighted by Gasteiger charge is 2.05. The first kappa shape index (κ1) is 10.2. The van der Waals surface area contributed by atoms with Gasteiger partial charge in [0.2, 0.25) is 0 Å². The van der Waals surface area contributed by atoms with Crippen molar-refractivity contribution in [1.29, 1.82) is 0 Å². The molecule has 0 saturated carbocycles. The van der Waals surface area contributed by atoms with Crippen LogP contribution >= 0.6 is 10.7 Å². The lowest BCUT2D eigenvalue weighted by Crippen LogP contribution is -2.00. The van der Waals surface area contributed by atoms with E-state index in [1.54, 1.807) is 0 Å². The molecular weight excluding hydrogens is 212 g/mol. The normalized spacial score (nSPS) is 12.2. The van der Waals surface area contributed by atoms with Gasteiger partial charge in [0, 0.05) is 0 Å². The Morgan fingerprint density at radius 3 is 2.31 bits per heavy atom. The van der Waals surface area contributed by atoms with Crippen molar-refractivity contribution in [1.82, 2.24) is 0 Å². The zero-order valence-corrected chi connectivity index (χ0v) is 8.39. The quantitative estimate of drug-likeness (QED) is 0.561. The standard InChI is InChI=1S/C8H7ClO3S/c1-12-8(10)6-2-4-7(5-3-6)13(9)11/h2-5H,1H3. The molecule has 0 aromatic heterocycles. The second-order valence-corrected chi connectivity index (χ2v) is 4.00. The Morgan fingerprint density at radius 2 is 1.92 bits per heavy atom. The smallest absolute Gasteiger partial charge is 0.337 e. The van der Waals surface area contributed by atoms with Gasteiger partial charge in [-0.15, -0.1) is 0 Å². The van der Waals surface area contributed by atoms with Crippen LogP contribution in [0.2, 0.25) is 0 Å². The Morgan fingerprint density at radius 1 is 1.38 bits per heavy atom. The van der Waals surface area contributed by atoms with Crippen LogP contribution in [0.4, 0.5) is 0 Å². The minimum atomic E-state index is -1.53. The van der Waals surface area contributed by atoms with E-state index in [1.807, 2.05) is 0 Å². The summed E-state index contributed by atoms with van der Waals surface area (Å²) in [6.45, 7) is 0. The predicted molar refractivity (Wildman–Crippen MR) is 50.0 cm³/mol. The van der Waals surface area contributed by atoms with Crippen molar-refractivity contribution in [2.24, 2.45) is 0 Å². The van der Waals surface area contributed by atoms with E-state index in [4.69, 9.17) is 10.7 Å². The average molecular weight is 219 g/mol. The lowest BCUT2D eigenvalue weighted by Gasteiger charge is -1.98. The van der Waals surface area contributed by atoms with Crippen LogP contribution in [0.5, 0.6) is 0 Å². The lowest BCUT2D eigenvalue weighted by molar-refractivity contribution is 0.0600. The van der Waals surface area contributed by atoms with E-state index in [1.165, 1.54) is 31.4 Å². The summed E-state index contributed by atoms with van der Waals surface area (Å²) in [5.41, 5.74) is 0.411. The molecular formula is C8H7ClO3S. The highest BCUT2D eigenvalue weighted by molar-refractivity contribution is 8.08. The summed E-state index contributed by atoms with van der Waals surface area (Å²) in [4.78, 5) is 11.4. The first-order valence-electron chi connectivity index (χ1n) is 3.41. The molecule has 1 rings (SSSR count). The van der Waals surface area contributed by atoms with Crippen LogP contribution in [0, 0.1) is 0 Å². The number of carbonyl (C=O) groups excluding carboxylic acids is 1. The Hall–Kier alpha value is -0.870. The first-order valence-corrected chi connectivity index (χ1v) is 5.39. The van der Waals surface area contributed by atoms with Gasteiger partial charge in [0.1, 0.15) is 10.0 Å². The van der Waals surface area contributed by atoms with Crippen LogP contribution in [-0.2, 0) is 14.7 Å². The summed E-state index contributed by atoms with van der Waals surface area (Å²) in [6.07, 6.45) is 0. The van der Waals surface area contributed by atoms with Crippen molar-refractivity contribution in [3.05, 3.63) is 29.8 Å². The van der Waals surface area contributed by atoms with Gasteiger partial charge in [-0.25, -0.2) is 9.00 Å². The molecule has 0 heterocycles. The van der Waals surface area contributed by atoms with E-state index in [0.717, 1.165) is 0 Å². The molecule has 1 unspecified atom stereocenters. The number of ether oxygens (including phenoxy) is 1. The molecule has 13 heavy (non-hydrogen) atoms. The fourth-order valence-electron chi connectivity index (χ4n) is 0.816. The Balaban J connectivity index is 2.93. The molecule has 0 saturated heterocycles. The lowest BCUT2D eigenvalue weighted by atomic mass is 10.2. The second kappa shape index (κ2) is 4.39. The van der Waals surface area contributed by atoms with E-state index in [0.29, 0.717) is 10.5 Å². The molecule has 5 heteroatoms. The minimum Gasteiger partial charge on any atom is -0.465 e. The van der Waals surface area contributed by atoms with Crippen LogP contribution in [0.3, 0.4) is 0 Å². The third-order valence-electron chi connectivity index (χ3n) is 1.46. The summed E-state index contributed by atoms with van der Waals surface area (Å²) >= 11 is 0. The molecule has 0 fully saturated rings. The van der Waals surface area contributed by atoms with E-state index in [2.05, 4.69) is 4.74 Å². The Kier molecular flexibility index (Phi) is 3.45.